The minimum atomic E-state index is 0.393. The van der Waals surface area contributed by atoms with E-state index in [1.54, 1.807) is 0 Å². The van der Waals surface area contributed by atoms with E-state index in [4.69, 9.17) is 9.97 Å². The lowest BCUT2D eigenvalue weighted by Crippen LogP contribution is -2.36. The molecule has 1 saturated heterocycles. The van der Waals surface area contributed by atoms with E-state index in [0.717, 1.165) is 69.2 Å². The van der Waals surface area contributed by atoms with Gasteiger partial charge in [-0.1, -0.05) is 12.1 Å². The molecule has 0 spiro atoms. The van der Waals surface area contributed by atoms with E-state index in [-0.39, 0.29) is 0 Å². The monoisotopic (exact) mass is 428 g/mol. The first kappa shape index (κ1) is 21.0. The summed E-state index contributed by atoms with van der Waals surface area (Å²) < 4.78 is 0. The van der Waals surface area contributed by atoms with Crippen LogP contribution in [0.1, 0.15) is 53.5 Å². The number of aryl methyl sites for hydroxylation is 1. The molecule has 1 fully saturated rings. The number of aromatic nitrogens is 4. The third kappa shape index (κ3) is 4.80. The number of nitrogens with zero attached hydrogens (tertiary/aromatic N) is 6. The first-order valence-electron chi connectivity index (χ1n) is 11.9. The zero-order valence-electron chi connectivity index (χ0n) is 19.0. The van der Waals surface area contributed by atoms with Gasteiger partial charge < -0.3 is 4.90 Å². The molecule has 2 aliphatic rings. The highest BCUT2D eigenvalue weighted by molar-refractivity contribution is 5.51. The van der Waals surface area contributed by atoms with Gasteiger partial charge >= 0.3 is 0 Å². The third-order valence-electron chi connectivity index (χ3n) is 6.73. The Bertz CT molecular complexity index is 1020. The summed E-state index contributed by atoms with van der Waals surface area (Å²) in [5, 5.41) is 0. The molecule has 0 amide bonds. The number of hydrogen-bond acceptors (Lipinski definition) is 6. The molecule has 0 aromatic carbocycles. The van der Waals surface area contributed by atoms with Gasteiger partial charge in [0.25, 0.3) is 0 Å². The Kier molecular flexibility index (Phi) is 6.39. The molecule has 0 aliphatic carbocycles. The van der Waals surface area contributed by atoms with Crippen LogP contribution >= 0.6 is 0 Å². The lowest BCUT2D eigenvalue weighted by Gasteiger charge is -2.34. The van der Waals surface area contributed by atoms with Crippen molar-refractivity contribution in [3.05, 3.63) is 77.3 Å². The number of rotatable bonds is 6. The van der Waals surface area contributed by atoms with Gasteiger partial charge in [0.15, 0.2) is 0 Å². The summed E-state index contributed by atoms with van der Waals surface area (Å²) in [6.45, 7) is 7.28. The van der Waals surface area contributed by atoms with Gasteiger partial charge in [0.1, 0.15) is 11.6 Å². The van der Waals surface area contributed by atoms with Crippen LogP contribution in [-0.2, 0) is 19.4 Å². The van der Waals surface area contributed by atoms with Crippen molar-refractivity contribution in [3.8, 4) is 0 Å². The molecule has 32 heavy (non-hydrogen) atoms. The summed E-state index contributed by atoms with van der Waals surface area (Å²) in [4.78, 5) is 24.0. The lowest BCUT2D eigenvalue weighted by atomic mass is 9.95. The van der Waals surface area contributed by atoms with Crippen LogP contribution in [0.3, 0.4) is 0 Å². The van der Waals surface area contributed by atoms with E-state index in [1.165, 1.54) is 29.8 Å². The topological polar surface area (TPSA) is 58.0 Å². The Labute approximate surface area is 190 Å². The normalized spacial score (nSPS) is 19.0. The van der Waals surface area contributed by atoms with Crippen molar-refractivity contribution < 1.29 is 0 Å². The SMILES string of the molecule is Cc1nc(C2CCCN(Cc3cccnc3)C2)nc2c1CCCN2CCc1ccccn1. The van der Waals surface area contributed by atoms with Gasteiger partial charge in [-0.05, 0) is 62.9 Å². The highest BCUT2D eigenvalue weighted by Gasteiger charge is 2.27. The first-order valence-corrected chi connectivity index (χ1v) is 11.9. The number of piperidine rings is 1. The second-order valence-electron chi connectivity index (χ2n) is 9.07. The summed E-state index contributed by atoms with van der Waals surface area (Å²) >= 11 is 0. The maximum Gasteiger partial charge on any atom is 0.135 e. The van der Waals surface area contributed by atoms with Crippen LogP contribution < -0.4 is 4.90 Å². The van der Waals surface area contributed by atoms with Crippen molar-refractivity contribution in [1.82, 2.24) is 24.8 Å². The molecule has 0 bridgehead atoms. The van der Waals surface area contributed by atoms with Crippen molar-refractivity contribution in [3.63, 3.8) is 0 Å². The van der Waals surface area contributed by atoms with Gasteiger partial charge in [0, 0.05) is 74.1 Å². The largest absolute Gasteiger partial charge is 0.356 e. The molecule has 6 heteroatoms. The molecule has 3 aromatic heterocycles. The van der Waals surface area contributed by atoms with Crippen LogP contribution in [0, 0.1) is 6.92 Å². The van der Waals surface area contributed by atoms with E-state index < -0.39 is 0 Å². The Hall–Kier alpha value is -2.86. The molecule has 2 aliphatic heterocycles. The van der Waals surface area contributed by atoms with Crippen molar-refractivity contribution in [2.24, 2.45) is 0 Å². The molecule has 166 valence electrons. The molecule has 3 aromatic rings. The molecular weight excluding hydrogens is 396 g/mol. The Morgan fingerprint density at radius 3 is 2.84 bits per heavy atom. The van der Waals surface area contributed by atoms with Crippen LogP contribution in [0.2, 0.25) is 0 Å². The summed E-state index contributed by atoms with van der Waals surface area (Å²) in [6.07, 6.45) is 11.2. The molecule has 5 heterocycles. The average Bonchev–Trinajstić information content (AvgIpc) is 2.84. The number of hydrogen-bond donors (Lipinski definition) is 0. The van der Waals surface area contributed by atoms with Gasteiger partial charge in [0.2, 0.25) is 0 Å². The maximum absolute atomic E-state index is 5.19. The number of likely N-dealkylation sites (tertiary alicyclic amines) is 1. The highest BCUT2D eigenvalue weighted by atomic mass is 15.2. The summed E-state index contributed by atoms with van der Waals surface area (Å²) in [7, 11) is 0. The average molecular weight is 429 g/mol. The zero-order chi connectivity index (χ0) is 21.8. The predicted molar refractivity (Wildman–Crippen MR) is 127 cm³/mol. The van der Waals surface area contributed by atoms with E-state index >= 15 is 0 Å². The van der Waals surface area contributed by atoms with Crippen molar-refractivity contribution in [2.75, 3.05) is 31.1 Å². The summed E-state index contributed by atoms with van der Waals surface area (Å²) in [5.41, 5.74) is 4.92. The molecule has 6 nitrogen and oxygen atoms in total. The molecule has 0 radical (unpaired) electrons. The quantitative estimate of drug-likeness (QED) is 0.593. The molecule has 1 unspecified atom stereocenters. The second-order valence-corrected chi connectivity index (χ2v) is 9.07. The van der Waals surface area contributed by atoms with E-state index in [0.29, 0.717) is 5.92 Å². The van der Waals surface area contributed by atoms with E-state index in [1.807, 2.05) is 30.7 Å². The van der Waals surface area contributed by atoms with Crippen molar-refractivity contribution in [1.29, 1.82) is 0 Å². The Balaban J connectivity index is 1.33. The summed E-state index contributed by atoms with van der Waals surface area (Å²) in [5.74, 6) is 2.59. The van der Waals surface area contributed by atoms with Gasteiger partial charge in [-0.25, -0.2) is 9.97 Å². The van der Waals surface area contributed by atoms with Gasteiger partial charge in [-0.2, -0.15) is 0 Å². The number of pyridine rings is 2. The van der Waals surface area contributed by atoms with Gasteiger partial charge in [-0.15, -0.1) is 0 Å². The van der Waals surface area contributed by atoms with Crippen LogP contribution in [0.5, 0.6) is 0 Å². The molecule has 1 atom stereocenters. The van der Waals surface area contributed by atoms with Crippen LogP contribution in [-0.4, -0.2) is 51.0 Å². The lowest BCUT2D eigenvalue weighted by molar-refractivity contribution is 0.196. The molecular formula is C26H32N6. The van der Waals surface area contributed by atoms with Crippen molar-refractivity contribution in [2.45, 2.75) is 51.5 Å². The fourth-order valence-electron chi connectivity index (χ4n) is 5.06. The van der Waals surface area contributed by atoms with Crippen molar-refractivity contribution >= 4 is 5.82 Å². The van der Waals surface area contributed by atoms with Gasteiger partial charge in [0.05, 0.1) is 0 Å². The highest BCUT2D eigenvalue weighted by Crippen LogP contribution is 2.32. The van der Waals surface area contributed by atoms with E-state index in [9.17, 15) is 0 Å². The minimum Gasteiger partial charge on any atom is -0.356 e. The van der Waals surface area contributed by atoms with Crippen LogP contribution in [0.4, 0.5) is 5.82 Å². The first-order chi connectivity index (χ1) is 15.8. The molecule has 0 N–H and O–H groups in total. The molecule has 0 saturated carbocycles. The van der Waals surface area contributed by atoms with Crippen LogP contribution in [0.25, 0.3) is 0 Å². The fraction of sp³-hybridized carbons (Fsp3) is 0.462. The Morgan fingerprint density at radius 1 is 1.03 bits per heavy atom. The second kappa shape index (κ2) is 9.74. The Morgan fingerprint density at radius 2 is 2.00 bits per heavy atom. The number of fused-ring (bicyclic) bond motifs is 1. The summed E-state index contributed by atoms with van der Waals surface area (Å²) in [6, 6.07) is 10.3. The standard InChI is InChI=1S/C26H32N6/c1-20-24-10-6-15-32(16-11-23-9-2-3-13-28-23)26(24)30-25(29-20)22-8-5-14-31(19-22)18-21-7-4-12-27-17-21/h2-4,7,9,12-13,17,22H,5-6,8,10-11,14-16,18-19H2,1H3. The zero-order valence-corrected chi connectivity index (χ0v) is 19.0. The molecule has 5 rings (SSSR count). The third-order valence-corrected chi connectivity index (χ3v) is 6.73. The number of anilines is 1. The van der Waals surface area contributed by atoms with Gasteiger partial charge in [-0.3, -0.25) is 14.9 Å². The minimum absolute atomic E-state index is 0.393. The predicted octanol–water partition coefficient (Wildman–Crippen LogP) is 3.95. The van der Waals surface area contributed by atoms with Crippen LogP contribution in [0.15, 0.2) is 48.9 Å². The maximum atomic E-state index is 5.19. The fourth-order valence-corrected chi connectivity index (χ4v) is 5.06. The van der Waals surface area contributed by atoms with E-state index in [2.05, 4.69) is 44.9 Å². The smallest absolute Gasteiger partial charge is 0.135 e.